The fraction of sp³-hybridized carbons (Fsp3) is 0.900. The van der Waals surface area contributed by atoms with Crippen LogP contribution in [0.1, 0.15) is 32.1 Å². The van der Waals surface area contributed by atoms with Gasteiger partial charge in [0.2, 0.25) is 0 Å². The Morgan fingerprint density at radius 2 is 1.79 bits per heavy atom. The zero-order valence-electron chi connectivity index (χ0n) is 8.42. The van der Waals surface area contributed by atoms with Crippen molar-refractivity contribution < 1.29 is 4.74 Å². The van der Waals surface area contributed by atoms with Gasteiger partial charge in [-0.3, -0.25) is 0 Å². The molecule has 1 atom stereocenters. The maximum Gasteiger partial charge on any atom is 0.166 e. The van der Waals surface area contributed by atoms with Crippen LogP contribution in [0.3, 0.4) is 0 Å². The van der Waals surface area contributed by atoms with E-state index in [2.05, 4.69) is 10.6 Å². The molecule has 3 nitrogen and oxygen atoms in total. The number of thiocarbonyl (C=S) groups is 1. The largest absolute Gasteiger partial charge is 0.379 e. The maximum atomic E-state index is 5.28. The van der Waals surface area contributed by atoms with Crippen molar-refractivity contribution in [3.63, 3.8) is 0 Å². The quantitative estimate of drug-likeness (QED) is 0.676. The van der Waals surface area contributed by atoms with Gasteiger partial charge in [-0.25, -0.2) is 0 Å². The van der Waals surface area contributed by atoms with Gasteiger partial charge in [-0.1, -0.05) is 12.8 Å². The van der Waals surface area contributed by atoms with E-state index in [4.69, 9.17) is 17.0 Å². The Hall–Kier alpha value is -0.350. The Morgan fingerprint density at radius 3 is 2.43 bits per heavy atom. The summed E-state index contributed by atoms with van der Waals surface area (Å²) in [6.45, 7) is 1.66. The van der Waals surface area contributed by atoms with Crippen LogP contribution in [0.4, 0.5) is 0 Å². The van der Waals surface area contributed by atoms with Crippen LogP contribution in [-0.4, -0.2) is 30.4 Å². The van der Waals surface area contributed by atoms with E-state index in [1.165, 1.54) is 25.7 Å². The van der Waals surface area contributed by atoms with Gasteiger partial charge in [0.25, 0.3) is 0 Å². The topological polar surface area (TPSA) is 33.3 Å². The summed E-state index contributed by atoms with van der Waals surface area (Å²) in [7, 11) is 0. The molecule has 1 heterocycles. The second kappa shape index (κ2) is 4.94. The number of hydrogen-bond acceptors (Lipinski definition) is 2. The average Bonchev–Trinajstić information content (AvgIpc) is 2.76. The van der Waals surface area contributed by atoms with Gasteiger partial charge in [0, 0.05) is 12.6 Å². The van der Waals surface area contributed by atoms with Gasteiger partial charge in [-0.15, -0.1) is 0 Å². The van der Waals surface area contributed by atoms with E-state index in [-0.39, 0.29) is 0 Å². The van der Waals surface area contributed by atoms with Crippen LogP contribution in [0, 0.1) is 0 Å². The number of ether oxygens (including phenoxy) is 1. The molecule has 2 N–H and O–H groups in total. The average molecular weight is 214 g/mol. The van der Waals surface area contributed by atoms with Gasteiger partial charge >= 0.3 is 0 Å². The predicted molar refractivity (Wildman–Crippen MR) is 60.3 cm³/mol. The third kappa shape index (κ3) is 2.82. The molecule has 0 aromatic heterocycles. The molecule has 0 aromatic carbocycles. The van der Waals surface area contributed by atoms with Crippen LogP contribution >= 0.6 is 12.2 Å². The van der Waals surface area contributed by atoms with Crippen LogP contribution in [0.5, 0.6) is 0 Å². The van der Waals surface area contributed by atoms with E-state index in [0.29, 0.717) is 12.1 Å². The van der Waals surface area contributed by atoms with Crippen LogP contribution in [0.25, 0.3) is 0 Å². The predicted octanol–water partition coefficient (Wildman–Crippen LogP) is 1.18. The van der Waals surface area contributed by atoms with Crippen molar-refractivity contribution in [1.29, 1.82) is 0 Å². The number of nitrogens with one attached hydrogen (secondary N) is 2. The smallest absolute Gasteiger partial charge is 0.166 e. The summed E-state index contributed by atoms with van der Waals surface area (Å²) >= 11 is 5.25. The Balaban J connectivity index is 1.66. The molecule has 0 amide bonds. The third-order valence-corrected chi connectivity index (χ3v) is 3.19. The molecule has 4 heteroatoms. The third-order valence-electron chi connectivity index (χ3n) is 2.96. The Morgan fingerprint density at radius 1 is 1.07 bits per heavy atom. The maximum absolute atomic E-state index is 5.28. The summed E-state index contributed by atoms with van der Waals surface area (Å²) in [5.74, 6) is 0. The highest BCUT2D eigenvalue weighted by atomic mass is 32.1. The molecular formula is C10H18N2OS. The van der Waals surface area contributed by atoms with E-state index in [1.807, 2.05) is 0 Å². The minimum absolute atomic E-state index is 0.427. The molecule has 0 bridgehead atoms. The lowest BCUT2D eigenvalue weighted by molar-refractivity contribution is 0.192. The van der Waals surface area contributed by atoms with Crippen LogP contribution in [-0.2, 0) is 4.74 Å². The lowest BCUT2D eigenvalue weighted by Crippen LogP contribution is -2.45. The molecule has 0 spiro atoms. The van der Waals surface area contributed by atoms with Crippen molar-refractivity contribution in [1.82, 2.24) is 10.6 Å². The van der Waals surface area contributed by atoms with Crippen LogP contribution in [0.15, 0.2) is 0 Å². The highest BCUT2D eigenvalue weighted by Crippen LogP contribution is 2.17. The summed E-state index contributed by atoms with van der Waals surface area (Å²) in [4.78, 5) is 0. The molecule has 1 saturated carbocycles. The Bertz CT molecular complexity index is 178. The lowest BCUT2D eigenvalue weighted by Gasteiger charge is -2.18. The van der Waals surface area contributed by atoms with Crippen LogP contribution < -0.4 is 10.6 Å². The molecule has 1 unspecified atom stereocenters. The lowest BCUT2D eigenvalue weighted by atomic mass is 10.2. The minimum atomic E-state index is 0.427. The first-order chi connectivity index (χ1) is 6.84. The standard InChI is InChI=1S/C10H18N2OS/c14-10(11-8-3-1-2-4-8)12-9-5-6-13-7-9/h8-9H,1-7H2,(H2,11,12,14). The van der Waals surface area contributed by atoms with Crippen molar-refractivity contribution in [2.24, 2.45) is 0 Å². The first-order valence-electron chi connectivity index (χ1n) is 5.49. The number of rotatable bonds is 2. The normalized spacial score (nSPS) is 27.9. The molecule has 1 saturated heterocycles. The molecule has 80 valence electrons. The van der Waals surface area contributed by atoms with Crippen molar-refractivity contribution in [3.05, 3.63) is 0 Å². The summed E-state index contributed by atoms with van der Waals surface area (Å²) < 4.78 is 5.28. The fourth-order valence-electron chi connectivity index (χ4n) is 2.13. The molecule has 0 radical (unpaired) electrons. The van der Waals surface area contributed by atoms with E-state index in [1.54, 1.807) is 0 Å². The fourth-order valence-corrected chi connectivity index (χ4v) is 2.46. The molecule has 14 heavy (non-hydrogen) atoms. The van der Waals surface area contributed by atoms with Gasteiger partial charge in [-0.2, -0.15) is 0 Å². The van der Waals surface area contributed by atoms with Crippen molar-refractivity contribution >= 4 is 17.3 Å². The molecule has 1 aliphatic carbocycles. The van der Waals surface area contributed by atoms with Crippen molar-refractivity contribution in [2.75, 3.05) is 13.2 Å². The van der Waals surface area contributed by atoms with Gasteiger partial charge in [0.05, 0.1) is 12.6 Å². The second-order valence-corrected chi connectivity index (χ2v) is 4.57. The minimum Gasteiger partial charge on any atom is -0.379 e. The van der Waals surface area contributed by atoms with E-state index >= 15 is 0 Å². The number of hydrogen-bond donors (Lipinski definition) is 2. The molecular weight excluding hydrogens is 196 g/mol. The van der Waals surface area contributed by atoms with Crippen molar-refractivity contribution in [2.45, 2.75) is 44.2 Å². The summed E-state index contributed by atoms with van der Waals surface area (Å²) in [5, 5.41) is 7.48. The Kier molecular flexibility index (Phi) is 3.59. The SMILES string of the molecule is S=C(NC1CCCC1)NC1CCOC1. The highest BCUT2D eigenvalue weighted by molar-refractivity contribution is 7.80. The van der Waals surface area contributed by atoms with E-state index in [9.17, 15) is 0 Å². The molecule has 2 fully saturated rings. The van der Waals surface area contributed by atoms with Gasteiger partial charge < -0.3 is 15.4 Å². The van der Waals surface area contributed by atoms with Gasteiger partial charge in [-0.05, 0) is 31.5 Å². The molecule has 1 aliphatic heterocycles. The summed E-state index contributed by atoms with van der Waals surface area (Å²) in [6, 6.07) is 1.04. The highest BCUT2D eigenvalue weighted by Gasteiger charge is 2.19. The van der Waals surface area contributed by atoms with Crippen molar-refractivity contribution in [3.8, 4) is 0 Å². The second-order valence-electron chi connectivity index (χ2n) is 4.16. The monoisotopic (exact) mass is 214 g/mol. The summed E-state index contributed by atoms with van der Waals surface area (Å²) in [5.41, 5.74) is 0. The van der Waals surface area contributed by atoms with Crippen LogP contribution in [0.2, 0.25) is 0 Å². The zero-order valence-corrected chi connectivity index (χ0v) is 9.24. The Labute approximate surface area is 90.6 Å². The zero-order chi connectivity index (χ0) is 9.80. The first kappa shape index (κ1) is 10.2. The molecule has 2 aliphatic rings. The first-order valence-corrected chi connectivity index (χ1v) is 5.90. The van der Waals surface area contributed by atoms with Gasteiger partial charge in [0.1, 0.15) is 0 Å². The van der Waals surface area contributed by atoms with Gasteiger partial charge in [0.15, 0.2) is 5.11 Å². The van der Waals surface area contributed by atoms with E-state index in [0.717, 1.165) is 24.7 Å². The molecule has 2 rings (SSSR count). The van der Waals surface area contributed by atoms with E-state index < -0.39 is 0 Å². The summed E-state index contributed by atoms with van der Waals surface area (Å²) in [6.07, 6.45) is 6.29. The molecule has 0 aromatic rings.